The molecule has 0 bridgehead atoms. The average Bonchev–Trinajstić information content (AvgIpc) is 3.21. The van der Waals surface area contributed by atoms with Crippen molar-refractivity contribution in [2.24, 2.45) is 0 Å². The average molecular weight is 470 g/mol. The van der Waals surface area contributed by atoms with Crippen molar-refractivity contribution >= 4 is 40.0 Å². The highest BCUT2D eigenvalue weighted by Gasteiger charge is 2.23. The van der Waals surface area contributed by atoms with Crippen LogP contribution in [0.5, 0.6) is 5.75 Å². The predicted octanol–water partition coefficient (Wildman–Crippen LogP) is 4.41. The first-order chi connectivity index (χ1) is 15.4. The number of nitrogens with zero attached hydrogens (tertiary/aromatic N) is 3. The summed E-state index contributed by atoms with van der Waals surface area (Å²) in [5, 5.41) is 7.36. The second kappa shape index (κ2) is 9.89. The fraction of sp³-hybridized carbons (Fsp3) is 0.348. The van der Waals surface area contributed by atoms with E-state index in [2.05, 4.69) is 27.5 Å². The Morgan fingerprint density at radius 2 is 1.97 bits per heavy atom. The number of nitrogens with one attached hydrogen (secondary N) is 2. The van der Waals surface area contributed by atoms with Crippen LogP contribution in [0.2, 0.25) is 0 Å². The van der Waals surface area contributed by atoms with Gasteiger partial charge in [0.1, 0.15) is 11.6 Å². The third-order valence-electron chi connectivity index (χ3n) is 5.16. The largest absolute Gasteiger partial charge is 0.496 e. The van der Waals surface area contributed by atoms with E-state index in [0.29, 0.717) is 24.4 Å². The number of carbonyl (C=O) groups is 1. The van der Waals surface area contributed by atoms with Crippen LogP contribution in [0.15, 0.2) is 39.6 Å². The second-order valence-electron chi connectivity index (χ2n) is 7.74. The van der Waals surface area contributed by atoms with Gasteiger partial charge < -0.3 is 20.3 Å². The van der Waals surface area contributed by atoms with Gasteiger partial charge in [0.2, 0.25) is 0 Å². The number of carbonyl (C=O) groups excluding carboxylic acids is 1. The highest BCUT2D eigenvalue weighted by molar-refractivity contribution is 8.01. The normalized spacial score (nSPS) is 13.8. The Kier molecular flexibility index (Phi) is 6.98. The quantitative estimate of drug-likeness (QED) is 0.553. The van der Waals surface area contributed by atoms with Crippen molar-refractivity contribution in [3.05, 3.63) is 52.8 Å². The first-order valence-corrected chi connectivity index (χ1v) is 12.1. The zero-order valence-corrected chi connectivity index (χ0v) is 20.3. The van der Waals surface area contributed by atoms with Gasteiger partial charge in [0.05, 0.1) is 23.1 Å². The van der Waals surface area contributed by atoms with Crippen LogP contribution in [0, 0.1) is 20.8 Å². The monoisotopic (exact) mass is 469 g/mol. The van der Waals surface area contributed by atoms with Crippen LogP contribution in [0.25, 0.3) is 0 Å². The molecule has 0 saturated carbocycles. The van der Waals surface area contributed by atoms with Crippen LogP contribution >= 0.6 is 23.1 Å². The fourth-order valence-electron chi connectivity index (χ4n) is 3.63. The molecule has 0 aliphatic carbocycles. The summed E-state index contributed by atoms with van der Waals surface area (Å²) in [4.78, 5) is 25.1. The summed E-state index contributed by atoms with van der Waals surface area (Å²) in [5.41, 5.74) is 3.78. The third-order valence-corrected chi connectivity index (χ3v) is 7.33. The Balaban J connectivity index is 1.54. The molecule has 32 heavy (non-hydrogen) atoms. The molecule has 1 aliphatic heterocycles. The molecule has 1 saturated heterocycles. The molecule has 1 aliphatic rings. The van der Waals surface area contributed by atoms with Crippen LogP contribution in [-0.2, 0) is 0 Å². The summed E-state index contributed by atoms with van der Waals surface area (Å²) < 4.78 is 6.57. The van der Waals surface area contributed by atoms with E-state index in [4.69, 9.17) is 4.74 Å². The third kappa shape index (κ3) is 5.23. The highest BCUT2D eigenvalue weighted by atomic mass is 32.2. The van der Waals surface area contributed by atoms with Crippen molar-refractivity contribution in [2.75, 3.05) is 38.6 Å². The molecule has 3 heterocycles. The van der Waals surface area contributed by atoms with Crippen molar-refractivity contribution < 1.29 is 9.53 Å². The van der Waals surface area contributed by atoms with Crippen LogP contribution in [0.4, 0.5) is 10.9 Å². The van der Waals surface area contributed by atoms with E-state index in [0.717, 1.165) is 50.0 Å². The second-order valence-corrected chi connectivity index (χ2v) is 10.1. The molecule has 9 heteroatoms. The molecule has 1 aromatic carbocycles. The smallest absolute Gasteiger partial charge is 0.257 e. The van der Waals surface area contributed by atoms with Crippen LogP contribution in [0.3, 0.4) is 0 Å². The van der Waals surface area contributed by atoms with Gasteiger partial charge in [-0.05, 0) is 56.2 Å². The highest BCUT2D eigenvalue weighted by Crippen LogP contribution is 2.39. The standard InChI is InChI=1S/C23H27N5O2S2/c1-14-9-16(3)26-20(10-14)27-23-25-13-21(32-23)31-19-12-17(18(30-4)11-15(19)2)22(29)28-7-5-24-6-8-28/h9-13,24H,5-8H2,1-4H3,(H,25,26,27). The zero-order valence-electron chi connectivity index (χ0n) is 18.7. The van der Waals surface area contributed by atoms with Gasteiger partial charge in [0, 0.05) is 36.8 Å². The summed E-state index contributed by atoms with van der Waals surface area (Å²) >= 11 is 3.17. The lowest BCUT2D eigenvalue weighted by Crippen LogP contribution is -2.46. The Labute approximate surface area is 196 Å². The molecule has 0 radical (unpaired) electrons. The van der Waals surface area contributed by atoms with Gasteiger partial charge in [-0.25, -0.2) is 9.97 Å². The van der Waals surface area contributed by atoms with Crippen LogP contribution in [0.1, 0.15) is 27.2 Å². The van der Waals surface area contributed by atoms with Gasteiger partial charge in [0.15, 0.2) is 5.13 Å². The van der Waals surface area contributed by atoms with Crippen molar-refractivity contribution in [1.82, 2.24) is 20.2 Å². The van der Waals surface area contributed by atoms with E-state index >= 15 is 0 Å². The SMILES string of the molecule is COc1cc(C)c(Sc2cnc(Nc3cc(C)cc(C)n3)s2)cc1C(=O)N1CCNCC1. The number of anilines is 2. The van der Waals surface area contributed by atoms with Gasteiger partial charge in [-0.15, -0.1) is 0 Å². The number of thiazole rings is 1. The Bertz CT molecular complexity index is 1110. The van der Waals surface area contributed by atoms with E-state index in [9.17, 15) is 4.79 Å². The fourth-order valence-corrected chi connectivity index (χ4v) is 5.58. The number of hydrogen-bond acceptors (Lipinski definition) is 8. The maximum absolute atomic E-state index is 13.1. The number of aryl methyl sites for hydroxylation is 3. The first-order valence-electron chi connectivity index (χ1n) is 10.5. The van der Waals surface area contributed by atoms with Crippen molar-refractivity contribution in [2.45, 2.75) is 29.9 Å². The van der Waals surface area contributed by atoms with E-state index in [1.54, 1.807) is 30.2 Å². The molecule has 0 atom stereocenters. The number of piperazine rings is 1. The topological polar surface area (TPSA) is 79.4 Å². The Hall–Kier alpha value is -2.62. The molecule has 3 aromatic rings. The minimum Gasteiger partial charge on any atom is -0.496 e. The number of hydrogen-bond donors (Lipinski definition) is 2. The van der Waals surface area contributed by atoms with E-state index < -0.39 is 0 Å². The molecule has 7 nitrogen and oxygen atoms in total. The number of aromatic nitrogens is 2. The lowest BCUT2D eigenvalue weighted by atomic mass is 10.1. The van der Waals surface area contributed by atoms with E-state index in [1.165, 1.54) is 0 Å². The summed E-state index contributed by atoms with van der Waals surface area (Å²) in [7, 11) is 1.61. The van der Waals surface area contributed by atoms with Crippen molar-refractivity contribution in [3.8, 4) is 5.75 Å². The zero-order chi connectivity index (χ0) is 22.7. The number of amides is 1. The molecular weight excluding hydrogens is 442 g/mol. The van der Waals surface area contributed by atoms with E-state index in [-0.39, 0.29) is 5.91 Å². The summed E-state index contributed by atoms with van der Waals surface area (Å²) in [5.74, 6) is 1.42. The summed E-state index contributed by atoms with van der Waals surface area (Å²) in [6.07, 6.45) is 1.85. The maximum Gasteiger partial charge on any atom is 0.257 e. The first kappa shape index (κ1) is 22.6. The molecule has 1 fully saturated rings. The molecule has 0 spiro atoms. The van der Waals surface area contributed by atoms with Gasteiger partial charge in [-0.1, -0.05) is 23.1 Å². The molecule has 4 rings (SSSR count). The maximum atomic E-state index is 13.1. The van der Waals surface area contributed by atoms with Crippen molar-refractivity contribution in [1.29, 1.82) is 0 Å². The summed E-state index contributed by atoms with van der Waals surface area (Å²) in [6, 6.07) is 7.93. The lowest BCUT2D eigenvalue weighted by Gasteiger charge is -2.28. The van der Waals surface area contributed by atoms with E-state index in [1.807, 2.05) is 49.2 Å². The minimum absolute atomic E-state index is 0.0118. The molecule has 2 N–H and O–H groups in total. The molecule has 168 valence electrons. The number of pyridine rings is 1. The number of benzene rings is 1. The van der Waals surface area contributed by atoms with Gasteiger partial charge in [0.25, 0.3) is 5.91 Å². The van der Waals surface area contributed by atoms with Crippen LogP contribution < -0.4 is 15.4 Å². The number of rotatable bonds is 6. The van der Waals surface area contributed by atoms with Gasteiger partial charge >= 0.3 is 0 Å². The number of ether oxygens (including phenoxy) is 1. The van der Waals surface area contributed by atoms with Gasteiger partial charge in [-0.3, -0.25) is 4.79 Å². The predicted molar refractivity (Wildman–Crippen MR) is 130 cm³/mol. The summed E-state index contributed by atoms with van der Waals surface area (Å²) in [6.45, 7) is 9.09. The minimum atomic E-state index is 0.0118. The molecule has 0 unspecified atom stereocenters. The van der Waals surface area contributed by atoms with Crippen molar-refractivity contribution in [3.63, 3.8) is 0 Å². The Morgan fingerprint density at radius 3 is 2.69 bits per heavy atom. The van der Waals surface area contributed by atoms with Crippen LogP contribution in [-0.4, -0.2) is 54.1 Å². The lowest BCUT2D eigenvalue weighted by molar-refractivity contribution is 0.0732. The molecule has 1 amide bonds. The Morgan fingerprint density at radius 1 is 1.19 bits per heavy atom. The number of methoxy groups -OCH3 is 1. The molecule has 2 aromatic heterocycles. The van der Waals surface area contributed by atoms with Gasteiger partial charge in [-0.2, -0.15) is 0 Å². The molecular formula is C23H27N5O2S2.